The Labute approximate surface area is 123 Å². The van der Waals surface area contributed by atoms with Crippen molar-refractivity contribution >= 4 is 11.6 Å². The van der Waals surface area contributed by atoms with Gasteiger partial charge in [-0.3, -0.25) is 4.79 Å². The number of hydrogen-bond donors (Lipinski definition) is 2. The number of nitrogens with two attached hydrogens (primary N) is 1. The molecule has 1 aromatic carbocycles. The molecule has 1 amide bonds. The molecule has 1 fully saturated rings. The van der Waals surface area contributed by atoms with E-state index in [1.54, 1.807) is 6.20 Å². The number of anilines is 1. The van der Waals surface area contributed by atoms with Crippen molar-refractivity contribution in [2.75, 3.05) is 5.73 Å². The van der Waals surface area contributed by atoms with Crippen LogP contribution in [0.25, 0.3) is 0 Å². The monoisotopic (exact) mass is 285 g/mol. The number of carbonyl (C=O) groups is 1. The molecule has 5 nitrogen and oxygen atoms in total. The van der Waals surface area contributed by atoms with Gasteiger partial charge in [0.1, 0.15) is 11.8 Å². The quantitative estimate of drug-likeness (QED) is 0.846. The van der Waals surface area contributed by atoms with Crippen LogP contribution >= 0.6 is 0 Å². The topological polar surface area (TPSA) is 81.2 Å². The van der Waals surface area contributed by atoms with Gasteiger partial charge in [-0.15, -0.1) is 0 Å². The second kappa shape index (κ2) is 4.91. The Bertz CT molecular complexity index is 656. The van der Waals surface area contributed by atoms with Gasteiger partial charge >= 0.3 is 0 Å². The summed E-state index contributed by atoms with van der Waals surface area (Å²) >= 11 is 0. The molecule has 0 saturated heterocycles. The molecule has 0 aliphatic heterocycles. The Morgan fingerprint density at radius 2 is 2.05 bits per heavy atom. The lowest BCUT2D eigenvalue weighted by atomic mass is 9.94. The van der Waals surface area contributed by atoms with Gasteiger partial charge in [0.2, 0.25) is 11.8 Å². The van der Waals surface area contributed by atoms with Crippen LogP contribution in [0.5, 0.6) is 0 Å². The summed E-state index contributed by atoms with van der Waals surface area (Å²) in [7, 11) is 0. The maximum absolute atomic E-state index is 12.6. The minimum atomic E-state index is -0.413. The molecular formula is C16H19N3O2. The maximum atomic E-state index is 12.6. The molecule has 110 valence electrons. The van der Waals surface area contributed by atoms with Crippen LogP contribution in [-0.4, -0.2) is 10.9 Å². The molecule has 0 bridgehead atoms. The van der Waals surface area contributed by atoms with Crippen molar-refractivity contribution in [2.45, 2.75) is 38.1 Å². The molecule has 1 atom stereocenters. The van der Waals surface area contributed by atoms with Crippen LogP contribution in [0.1, 0.15) is 43.0 Å². The number of nitrogen functional groups attached to an aromatic ring is 1. The smallest absolute Gasteiger partial charge is 0.231 e. The zero-order valence-corrected chi connectivity index (χ0v) is 12.2. The highest BCUT2D eigenvalue weighted by Crippen LogP contribution is 2.48. The van der Waals surface area contributed by atoms with Crippen LogP contribution < -0.4 is 11.1 Å². The summed E-state index contributed by atoms with van der Waals surface area (Å²) in [5, 5.41) is 3.00. The van der Waals surface area contributed by atoms with Gasteiger partial charge in [-0.1, -0.05) is 12.1 Å². The van der Waals surface area contributed by atoms with Gasteiger partial charge in [0.15, 0.2) is 0 Å². The summed E-state index contributed by atoms with van der Waals surface area (Å²) < 4.78 is 5.46. The third-order valence-corrected chi connectivity index (χ3v) is 4.01. The number of nitrogens with zero attached hydrogens (tertiary/aromatic N) is 1. The molecule has 1 aliphatic rings. The zero-order chi connectivity index (χ0) is 15.0. The first-order chi connectivity index (χ1) is 10.0. The van der Waals surface area contributed by atoms with E-state index in [4.69, 9.17) is 10.2 Å². The van der Waals surface area contributed by atoms with E-state index in [9.17, 15) is 4.79 Å². The number of amides is 1. The summed E-state index contributed by atoms with van der Waals surface area (Å²) in [5.74, 6) is 1.30. The Balaban J connectivity index is 1.74. The first-order valence-corrected chi connectivity index (χ1v) is 7.10. The van der Waals surface area contributed by atoms with E-state index in [1.807, 2.05) is 38.1 Å². The van der Waals surface area contributed by atoms with E-state index in [0.717, 1.165) is 24.2 Å². The second-order valence-corrected chi connectivity index (χ2v) is 5.71. The van der Waals surface area contributed by atoms with E-state index in [0.29, 0.717) is 11.6 Å². The summed E-state index contributed by atoms with van der Waals surface area (Å²) in [4.78, 5) is 16.7. The van der Waals surface area contributed by atoms with Crippen molar-refractivity contribution in [2.24, 2.45) is 0 Å². The number of hydrogen-bond acceptors (Lipinski definition) is 4. The fourth-order valence-electron chi connectivity index (χ4n) is 2.54. The van der Waals surface area contributed by atoms with E-state index < -0.39 is 5.41 Å². The average molecular weight is 285 g/mol. The fourth-order valence-corrected chi connectivity index (χ4v) is 2.54. The fraction of sp³-hybridized carbons (Fsp3) is 0.375. The average Bonchev–Trinajstić information content (AvgIpc) is 3.16. The van der Waals surface area contributed by atoms with Crippen molar-refractivity contribution in [3.8, 4) is 0 Å². The van der Waals surface area contributed by atoms with Gasteiger partial charge in [0.05, 0.1) is 11.6 Å². The highest BCUT2D eigenvalue weighted by molar-refractivity contribution is 5.91. The zero-order valence-electron chi connectivity index (χ0n) is 12.2. The van der Waals surface area contributed by atoms with Crippen molar-refractivity contribution in [3.05, 3.63) is 47.7 Å². The van der Waals surface area contributed by atoms with E-state index in [-0.39, 0.29) is 11.9 Å². The first kappa shape index (κ1) is 13.7. The van der Waals surface area contributed by atoms with Gasteiger partial charge in [0.25, 0.3) is 0 Å². The van der Waals surface area contributed by atoms with Crippen LogP contribution in [-0.2, 0) is 10.2 Å². The number of benzene rings is 1. The number of rotatable bonds is 4. The Morgan fingerprint density at radius 1 is 1.38 bits per heavy atom. The molecule has 3 rings (SSSR count). The van der Waals surface area contributed by atoms with Crippen LogP contribution in [0.4, 0.5) is 5.69 Å². The molecule has 1 unspecified atom stereocenters. The largest absolute Gasteiger partial charge is 0.444 e. The van der Waals surface area contributed by atoms with Crippen molar-refractivity contribution in [3.63, 3.8) is 0 Å². The molecule has 3 N–H and O–H groups in total. The lowest BCUT2D eigenvalue weighted by molar-refractivity contribution is -0.124. The van der Waals surface area contributed by atoms with Crippen molar-refractivity contribution < 1.29 is 9.21 Å². The van der Waals surface area contributed by atoms with Gasteiger partial charge in [-0.25, -0.2) is 4.98 Å². The van der Waals surface area contributed by atoms with Crippen LogP contribution in [0.15, 0.2) is 34.9 Å². The van der Waals surface area contributed by atoms with E-state index in [1.165, 1.54) is 0 Å². The summed E-state index contributed by atoms with van der Waals surface area (Å²) in [6.07, 6.45) is 3.38. The Hall–Kier alpha value is -2.30. The molecule has 1 aromatic heterocycles. The highest BCUT2D eigenvalue weighted by atomic mass is 16.4. The first-order valence-electron chi connectivity index (χ1n) is 7.10. The molecule has 2 aromatic rings. The van der Waals surface area contributed by atoms with E-state index >= 15 is 0 Å². The summed E-state index contributed by atoms with van der Waals surface area (Å²) in [6, 6.07) is 7.30. The highest BCUT2D eigenvalue weighted by Gasteiger charge is 2.51. The minimum Gasteiger partial charge on any atom is -0.444 e. The summed E-state index contributed by atoms with van der Waals surface area (Å²) in [5.41, 5.74) is 7.02. The third-order valence-electron chi connectivity index (χ3n) is 4.01. The molecular weight excluding hydrogens is 266 g/mol. The van der Waals surface area contributed by atoms with Crippen LogP contribution in [0.3, 0.4) is 0 Å². The Morgan fingerprint density at radius 3 is 2.57 bits per heavy atom. The maximum Gasteiger partial charge on any atom is 0.231 e. The van der Waals surface area contributed by atoms with Gasteiger partial charge < -0.3 is 15.5 Å². The van der Waals surface area contributed by atoms with E-state index in [2.05, 4.69) is 10.3 Å². The summed E-state index contributed by atoms with van der Waals surface area (Å²) in [6.45, 7) is 3.71. The second-order valence-electron chi connectivity index (χ2n) is 5.71. The molecule has 0 radical (unpaired) electrons. The predicted octanol–water partition coefficient (Wildman–Crippen LogP) is 2.47. The molecule has 0 spiro atoms. The number of oxazole rings is 1. The normalized spacial score (nSPS) is 17.2. The Kier molecular flexibility index (Phi) is 3.20. The minimum absolute atomic E-state index is 0.0237. The van der Waals surface area contributed by atoms with Crippen molar-refractivity contribution in [1.29, 1.82) is 0 Å². The lowest BCUT2D eigenvalue weighted by Gasteiger charge is -2.18. The van der Waals surface area contributed by atoms with Crippen LogP contribution in [0, 0.1) is 6.92 Å². The molecule has 21 heavy (non-hydrogen) atoms. The lowest BCUT2D eigenvalue weighted by Crippen LogP contribution is -2.36. The predicted molar refractivity (Wildman–Crippen MR) is 79.6 cm³/mol. The van der Waals surface area contributed by atoms with Crippen molar-refractivity contribution in [1.82, 2.24) is 10.3 Å². The van der Waals surface area contributed by atoms with Crippen LogP contribution in [0.2, 0.25) is 0 Å². The molecule has 5 heteroatoms. The molecule has 1 saturated carbocycles. The number of aromatic nitrogens is 1. The number of carbonyl (C=O) groups excluding carboxylic acids is 1. The molecule has 1 aliphatic carbocycles. The third kappa shape index (κ3) is 2.51. The SMILES string of the molecule is Cc1cnc(C(C)NC(=O)C2(c3ccc(N)cc3)CC2)o1. The van der Waals surface area contributed by atoms with Gasteiger partial charge in [0, 0.05) is 5.69 Å². The number of aryl methyl sites for hydroxylation is 1. The standard InChI is InChI=1S/C16H19N3O2/c1-10-9-18-14(21-10)11(2)19-15(20)16(7-8-16)12-3-5-13(17)6-4-12/h3-6,9,11H,7-8,17H2,1-2H3,(H,19,20). The van der Waals surface area contributed by atoms with Gasteiger partial charge in [-0.05, 0) is 44.4 Å². The molecule has 1 heterocycles. The number of nitrogens with one attached hydrogen (secondary N) is 1. The van der Waals surface area contributed by atoms with Gasteiger partial charge in [-0.2, -0.15) is 0 Å².